The van der Waals surface area contributed by atoms with Gasteiger partial charge >= 0.3 is 0 Å². The van der Waals surface area contributed by atoms with Gasteiger partial charge in [0.1, 0.15) is 6.07 Å². The van der Waals surface area contributed by atoms with E-state index in [9.17, 15) is 8.42 Å². The zero-order valence-corrected chi connectivity index (χ0v) is 13.2. The molecule has 0 radical (unpaired) electrons. The molecule has 0 bridgehead atoms. The van der Waals surface area contributed by atoms with Crippen LogP contribution in [0.15, 0.2) is 33.8 Å². The van der Waals surface area contributed by atoms with Crippen LogP contribution in [0.1, 0.15) is 20.8 Å². The molecule has 0 atom stereocenters. The van der Waals surface area contributed by atoms with Gasteiger partial charge in [-0.2, -0.15) is 10.4 Å². The van der Waals surface area contributed by atoms with Gasteiger partial charge in [0.05, 0.1) is 10.4 Å². The summed E-state index contributed by atoms with van der Waals surface area (Å²) in [4.78, 5) is 0. The van der Waals surface area contributed by atoms with Crippen LogP contribution in [-0.2, 0) is 9.84 Å². The number of nitriles is 1. The number of hydrogen-bond donors (Lipinski definition) is 1. The third-order valence-electron chi connectivity index (χ3n) is 2.29. The van der Waals surface area contributed by atoms with Crippen LogP contribution in [0.4, 0.5) is 5.69 Å². The van der Waals surface area contributed by atoms with Crippen LogP contribution >= 0.6 is 15.9 Å². The molecule has 7 heteroatoms. The van der Waals surface area contributed by atoms with Crippen molar-refractivity contribution in [3.8, 4) is 6.07 Å². The van der Waals surface area contributed by atoms with Crippen molar-refractivity contribution in [1.29, 1.82) is 5.26 Å². The molecule has 0 aromatic heterocycles. The zero-order chi connectivity index (χ0) is 14.7. The molecule has 0 aliphatic rings. The first kappa shape index (κ1) is 15.7. The van der Waals surface area contributed by atoms with Crippen molar-refractivity contribution < 1.29 is 8.42 Å². The molecule has 5 nitrogen and oxygen atoms in total. The molecule has 0 saturated carbocycles. The lowest BCUT2D eigenvalue weighted by Gasteiger charge is -2.17. The summed E-state index contributed by atoms with van der Waals surface area (Å²) in [6.07, 6.45) is 0. The lowest BCUT2D eigenvalue weighted by atomic mass is 10.3. The molecule has 0 saturated heterocycles. The van der Waals surface area contributed by atoms with Crippen LogP contribution in [0.3, 0.4) is 0 Å². The van der Waals surface area contributed by atoms with E-state index in [0.717, 1.165) is 4.47 Å². The van der Waals surface area contributed by atoms with Crippen LogP contribution in [-0.4, -0.2) is 18.2 Å². The minimum atomic E-state index is -3.75. The average Bonchev–Trinajstić information content (AvgIpc) is 2.30. The molecule has 0 amide bonds. The molecule has 0 spiro atoms. The fourth-order valence-corrected chi connectivity index (χ4v) is 2.21. The largest absolute Gasteiger partial charge is 0.277 e. The number of anilines is 1. The maximum Gasteiger partial charge on any atom is 0.252 e. The molecule has 0 aliphatic heterocycles. The van der Waals surface area contributed by atoms with Gasteiger partial charge in [0.15, 0.2) is 0 Å². The normalized spacial score (nSPS) is 12.9. The lowest BCUT2D eigenvalue weighted by Crippen LogP contribution is -2.34. The highest BCUT2D eigenvalue weighted by Gasteiger charge is 2.34. The molecule has 1 aromatic carbocycles. The molecule has 0 aliphatic carbocycles. The lowest BCUT2D eigenvalue weighted by molar-refractivity contribution is 0.573. The van der Waals surface area contributed by atoms with E-state index in [2.05, 4.69) is 26.5 Å². The van der Waals surface area contributed by atoms with Crippen LogP contribution in [0.5, 0.6) is 0 Å². The summed E-state index contributed by atoms with van der Waals surface area (Å²) in [6, 6.07) is 8.61. The smallest absolute Gasteiger partial charge is 0.252 e. The van der Waals surface area contributed by atoms with Crippen molar-refractivity contribution in [3.63, 3.8) is 0 Å². The standard InChI is InChI=1S/C12H14BrN3O2S/c1-12(2,3)19(17,18)11(8-14)16-15-10-6-4-9(13)5-7-10/h4-7,15H,1-3H3. The Morgan fingerprint density at radius 1 is 1.32 bits per heavy atom. The van der Waals surface area contributed by atoms with E-state index in [1.807, 2.05) is 0 Å². The van der Waals surface area contributed by atoms with Crippen LogP contribution in [0.25, 0.3) is 0 Å². The summed E-state index contributed by atoms with van der Waals surface area (Å²) in [7, 11) is -3.75. The summed E-state index contributed by atoms with van der Waals surface area (Å²) < 4.78 is 23.9. The highest BCUT2D eigenvalue weighted by Crippen LogP contribution is 2.18. The van der Waals surface area contributed by atoms with Gasteiger partial charge in [0.2, 0.25) is 9.84 Å². The van der Waals surface area contributed by atoms with Crippen molar-refractivity contribution in [3.05, 3.63) is 28.7 Å². The van der Waals surface area contributed by atoms with Crippen LogP contribution in [0, 0.1) is 11.3 Å². The Hall–Kier alpha value is -1.39. The minimum absolute atomic E-state index is 0.525. The molecule has 0 heterocycles. The van der Waals surface area contributed by atoms with E-state index < -0.39 is 19.6 Å². The molecule has 1 N–H and O–H groups in total. The third kappa shape index (κ3) is 3.78. The quantitative estimate of drug-likeness (QED) is 0.508. The highest BCUT2D eigenvalue weighted by atomic mass is 79.9. The first-order valence-corrected chi connectivity index (χ1v) is 7.70. The Bertz CT molecular complexity index is 622. The fraction of sp³-hybridized carbons (Fsp3) is 0.333. The maximum atomic E-state index is 12.1. The minimum Gasteiger partial charge on any atom is -0.277 e. The average molecular weight is 344 g/mol. The van der Waals surface area contributed by atoms with E-state index in [1.54, 1.807) is 30.3 Å². The molecule has 19 heavy (non-hydrogen) atoms. The van der Waals surface area contributed by atoms with E-state index >= 15 is 0 Å². The third-order valence-corrected chi connectivity index (χ3v) is 5.12. The zero-order valence-electron chi connectivity index (χ0n) is 10.8. The molecule has 1 aromatic rings. The van der Waals surface area contributed by atoms with Crippen molar-refractivity contribution in [2.75, 3.05) is 5.43 Å². The Morgan fingerprint density at radius 2 is 1.84 bits per heavy atom. The van der Waals surface area contributed by atoms with E-state index in [0.29, 0.717) is 5.69 Å². The van der Waals surface area contributed by atoms with E-state index in [-0.39, 0.29) is 0 Å². The van der Waals surface area contributed by atoms with Gasteiger partial charge in [-0.3, -0.25) is 5.43 Å². The monoisotopic (exact) mass is 343 g/mol. The van der Waals surface area contributed by atoms with E-state index in [4.69, 9.17) is 5.26 Å². The van der Waals surface area contributed by atoms with E-state index in [1.165, 1.54) is 20.8 Å². The molecule has 0 unspecified atom stereocenters. The molecular weight excluding hydrogens is 330 g/mol. The predicted octanol–water partition coefficient (Wildman–Crippen LogP) is 2.91. The summed E-state index contributed by atoms with van der Waals surface area (Å²) >= 11 is 3.29. The van der Waals surface area contributed by atoms with Gasteiger partial charge in [-0.05, 0) is 45.0 Å². The molecular formula is C12H14BrN3O2S. The predicted molar refractivity (Wildman–Crippen MR) is 79.5 cm³/mol. The van der Waals surface area contributed by atoms with Crippen LogP contribution < -0.4 is 5.43 Å². The second-order valence-corrected chi connectivity index (χ2v) is 8.30. The Morgan fingerprint density at radius 3 is 2.26 bits per heavy atom. The second kappa shape index (κ2) is 5.72. The number of sulfone groups is 1. The van der Waals surface area contributed by atoms with Crippen molar-refractivity contribution in [2.45, 2.75) is 25.5 Å². The molecule has 0 fully saturated rings. The highest BCUT2D eigenvalue weighted by molar-refractivity contribution is 9.10. The maximum absolute atomic E-state index is 12.1. The number of benzene rings is 1. The summed E-state index contributed by atoms with van der Waals surface area (Å²) in [6.45, 7) is 4.57. The van der Waals surface area contributed by atoms with Crippen molar-refractivity contribution >= 4 is 36.5 Å². The first-order valence-electron chi connectivity index (χ1n) is 5.42. The number of halogens is 1. The van der Waals surface area contributed by atoms with Crippen molar-refractivity contribution in [2.24, 2.45) is 5.10 Å². The summed E-state index contributed by atoms with van der Waals surface area (Å²) in [5.41, 5.74) is 3.16. The number of nitrogens with zero attached hydrogens (tertiary/aromatic N) is 2. The topological polar surface area (TPSA) is 82.3 Å². The van der Waals surface area contributed by atoms with Gasteiger partial charge in [-0.15, -0.1) is 0 Å². The summed E-state index contributed by atoms with van der Waals surface area (Å²) in [5, 5.41) is 12.1. The van der Waals surface area contributed by atoms with Crippen LogP contribution in [0.2, 0.25) is 0 Å². The number of hydrogen-bond acceptors (Lipinski definition) is 5. The van der Waals surface area contributed by atoms with Gasteiger partial charge < -0.3 is 0 Å². The van der Waals surface area contributed by atoms with Gasteiger partial charge in [-0.25, -0.2) is 8.42 Å². The SMILES string of the molecule is CC(C)(C)S(=O)(=O)C(C#N)=NNc1ccc(Br)cc1. The second-order valence-electron chi connectivity index (χ2n) is 4.76. The van der Waals surface area contributed by atoms with Gasteiger partial charge in [-0.1, -0.05) is 15.9 Å². The summed E-state index contributed by atoms with van der Waals surface area (Å²) in [5.74, 6) is 0. The van der Waals surface area contributed by atoms with Crippen molar-refractivity contribution in [1.82, 2.24) is 0 Å². The number of nitrogens with one attached hydrogen (secondary N) is 1. The Balaban J connectivity index is 3.03. The Kier molecular flexibility index (Phi) is 4.71. The van der Waals surface area contributed by atoms with Gasteiger partial charge in [0.25, 0.3) is 5.04 Å². The number of rotatable bonds is 2. The Labute approximate surface area is 121 Å². The molecule has 1 rings (SSSR count). The number of hydrazone groups is 1. The fourth-order valence-electron chi connectivity index (χ4n) is 1.07. The first-order chi connectivity index (χ1) is 8.68. The molecule has 102 valence electrons. The van der Waals surface area contributed by atoms with Gasteiger partial charge in [0, 0.05) is 4.47 Å².